The Morgan fingerprint density at radius 2 is 1.52 bits per heavy atom. The standard InChI is InChI=1S/C23H20FN3/c1-16(17-6-4-3-5-7-17)23-21(18-12-14-25-15-13-18)22(26-27(23)2)19-8-10-20(24)11-9-19/h3-16H,1-2H3. The van der Waals surface area contributed by atoms with Crippen LogP contribution in [0.3, 0.4) is 0 Å². The van der Waals surface area contributed by atoms with Gasteiger partial charge in [0.05, 0.1) is 5.69 Å². The first-order valence-corrected chi connectivity index (χ1v) is 8.93. The fourth-order valence-electron chi connectivity index (χ4n) is 3.55. The Morgan fingerprint density at radius 1 is 0.852 bits per heavy atom. The number of benzene rings is 2. The van der Waals surface area contributed by atoms with Crippen LogP contribution >= 0.6 is 0 Å². The number of aryl methyl sites for hydroxylation is 1. The molecule has 2 heterocycles. The molecule has 4 aromatic rings. The first kappa shape index (κ1) is 17.2. The second-order valence-corrected chi connectivity index (χ2v) is 6.61. The molecule has 4 rings (SSSR count). The van der Waals surface area contributed by atoms with E-state index in [0.717, 1.165) is 28.1 Å². The zero-order valence-electron chi connectivity index (χ0n) is 15.3. The van der Waals surface area contributed by atoms with E-state index in [9.17, 15) is 4.39 Å². The molecule has 0 radical (unpaired) electrons. The minimum absolute atomic E-state index is 0.154. The van der Waals surface area contributed by atoms with Gasteiger partial charge in [0, 0.05) is 36.5 Å². The third-order valence-corrected chi connectivity index (χ3v) is 4.89. The molecule has 0 aliphatic carbocycles. The van der Waals surface area contributed by atoms with Gasteiger partial charge in [0.2, 0.25) is 0 Å². The van der Waals surface area contributed by atoms with Crippen molar-refractivity contribution in [2.45, 2.75) is 12.8 Å². The van der Waals surface area contributed by atoms with Gasteiger partial charge in [-0.2, -0.15) is 5.10 Å². The third-order valence-electron chi connectivity index (χ3n) is 4.89. The van der Waals surface area contributed by atoms with Crippen molar-refractivity contribution in [2.24, 2.45) is 7.05 Å². The molecule has 0 fully saturated rings. The number of hydrogen-bond donors (Lipinski definition) is 0. The van der Waals surface area contributed by atoms with Gasteiger partial charge in [-0.25, -0.2) is 4.39 Å². The van der Waals surface area contributed by atoms with Crippen LogP contribution in [0.1, 0.15) is 24.1 Å². The summed E-state index contributed by atoms with van der Waals surface area (Å²) < 4.78 is 15.4. The van der Waals surface area contributed by atoms with Crippen molar-refractivity contribution in [2.75, 3.05) is 0 Å². The van der Waals surface area contributed by atoms with Gasteiger partial charge in [0.15, 0.2) is 0 Å². The van der Waals surface area contributed by atoms with Crippen molar-refractivity contribution < 1.29 is 4.39 Å². The molecule has 0 amide bonds. The lowest BCUT2D eigenvalue weighted by Gasteiger charge is -2.15. The molecule has 27 heavy (non-hydrogen) atoms. The van der Waals surface area contributed by atoms with Crippen LogP contribution in [0.25, 0.3) is 22.4 Å². The van der Waals surface area contributed by atoms with E-state index in [1.54, 1.807) is 24.5 Å². The summed E-state index contributed by atoms with van der Waals surface area (Å²) in [6, 6.07) is 20.9. The molecule has 1 unspecified atom stereocenters. The van der Waals surface area contributed by atoms with Gasteiger partial charge in [-0.15, -0.1) is 0 Å². The van der Waals surface area contributed by atoms with E-state index in [-0.39, 0.29) is 11.7 Å². The summed E-state index contributed by atoms with van der Waals surface area (Å²) in [5.74, 6) is -0.0981. The highest BCUT2D eigenvalue weighted by atomic mass is 19.1. The third kappa shape index (κ3) is 3.26. The van der Waals surface area contributed by atoms with Crippen LogP contribution in [0, 0.1) is 5.82 Å². The predicted molar refractivity (Wildman–Crippen MR) is 106 cm³/mol. The molecular weight excluding hydrogens is 337 g/mol. The predicted octanol–water partition coefficient (Wildman–Crippen LogP) is 5.44. The molecular formula is C23H20FN3. The van der Waals surface area contributed by atoms with Gasteiger partial charge in [0.1, 0.15) is 11.5 Å². The van der Waals surface area contributed by atoms with E-state index in [1.165, 1.54) is 17.7 Å². The molecule has 0 bridgehead atoms. The average molecular weight is 357 g/mol. The number of rotatable bonds is 4. The van der Waals surface area contributed by atoms with Crippen LogP contribution < -0.4 is 0 Å². The Labute approximate surface area is 158 Å². The molecule has 0 saturated heterocycles. The SMILES string of the molecule is CC(c1ccccc1)c1c(-c2ccncc2)c(-c2ccc(F)cc2)nn1C. The van der Waals surface area contributed by atoms with Gasteiger partial charge < -0.3 is 0 Å². The number of hydrogen-bond acceptors (Lipinski definition) is 2. The lowest BCUT2D eigenvalue weighted by atomic mass is 9.90. The summed E-state index contributed by atoms with van der Waals surface area (Å²) in [5.41, 5.74) is 6.19. The van der Waals surface area contributed by atoms with Gasteiger partial charge in [-0.3, -0.25) is 9.67 Å². The molecule has 0 N–H and O–H groups in total. The van der Waals surface area contributed by atoms with E-state index in [0.29, 0.717) is 0 Å². The van der Waals surface area contributed by atoms with Crippen LogP contribution in [0.15, 0.2) is 79.1 Å². The molecule has 2 aromatic carbocycles. The van der Waals surface area contributed by atoms with Crippen molar-refractivity contribution >= 4 is 0 Å². The summed E-state index contributed by atoms with van der Waals surface area (Å²) in [7, 11) is 1.96. The van der Waals surface area contributed by atoms with Crippen LogP contribution in [0.4, 0.5) is 4.39 Å². The second-order valence-electron chi connectivity index (χ2n) is 6.61. The van der Waals surface area contributed by atoms with Crippen molar-refractivity contribution in [1.29, 1.82) is 0 Å². The van der Waals surface area contributed by atoms with Crippen molar-refractivity contribution in [3.05, 3.63) is 96.2 Å². The van der Waals surface area contributed by atoms with E-state index >= 15 is 0 Å². The van der Waals surface area contributed by atoms with Crippen LogP contribution in [-0.2, 0) is 7.05 Å². The molecule has 1 atom stereocenters. The maximum atomic E-state index is 13.4. The van der Waals surface area contributed by atoms with Crippen LogP contribution in [0.2, 0.25) is 0 Å². The zero-order chi connectivity index (χ0) is 18.8. The highest BCUT2D eigenvalue weighted by Gasteiger charge is 2.24. The maximum absolute atomic E-state index is 13.4. The first-order chi connectivity index (χ1) is 13.1. The zero-order valence-corrected chi connectivity index (χ0v) is 15.3. The molecule has 0 aliphatic rings. The Kier molecular flexibility index (Phi) is 4.55. The van der Waals surface area contributed by atoms with E-state index in [1.807, 2.05) is 29.9 Å². The lowest BCUT2D eigenvalue weighted by Crippen LogP contribution is -2.05. The molecule has 4 heteroatoms. The normalized spacial score (nSPS) is 12.1. The van der Waals surface area contributed by atoms with Gasteiger partial charge in [-0.1, -0.05) is 37.3 Å². The molecule has 3 nitrogen and oxygen atoms in total. The quantitative estimate of drug-likeness (QED) is 0.487. The number of nitrogens with zero attached hydrogens (tertiary/aromatic N) is 3. The largest absolute Gasteiger partial charge is 0.271 e. The van der Waals surface area contributed by atoms with Crippen molar-refractivity contribution in [1.82, 2.24) is 14.8 Å². The number of halogens is 1. The summed E-state index contributed by atoms with van der Waals surface area (Å²) in [6.07, 6.45) is 3.57. The lowest BCUT2D eigenvalue weighted by molar-refractivity contribution is 0.628. The Hall–Kier alpha value is -3.27. The second kappa shape index (κ2) is 7.16. The highest BCUT2D eigenvalue weighted by molar-refractivity contribution is 5.83. The Balaban J connectivity index is 1.95. The summed E-state index contributed by atoms with van der Waals surface area (Å²) in [4.78, 5) is 4.15. The van der Waals surface area contributed by atoms with Crippen molar-refractivity contribution in [3.63, 3.8) is 0 Å². The first-order valence-electron chi connectivity index (χ1n) is 8.93. The topological polar surface area (TPSA) is 30.7 Å². The Bertz CT molecular complexity index is 1040. The molecule has 0 saturated carbocycles. The Morgan fingerprint density at radius 3 is 2.19 bits per heavy atom. The number of pyridine rings is 1. The van der Waals surface area contributed by atoms with E-state index in [2.05, 4.69) is 36.2 Å². The van der Waals surface area contributed by atoms with E-state index in [4.69, 9.17) is 5.10 Å². The van der Waals surface area contributed by atoms with Gasteiger partial charge in [0.25, 0.3) is 0 Å². The average Bonchev–Trinajstić information content (AvgIpc) is 3.06. The van der Waals surface area contributed by atoms with Crippen LogP contribution in [-0.4, -0.2) is 14.8 Å². The van der Waals surface area contributed by atoms with Gasteiger partial charge in [-0.05, 0) is 47.5 Å². The summed E-state index contributed by atoms with van der Waals surface area (Å²) in [5, 5.41) is 4.81. The number of aromatic nitrogens is 3. The minimum Gasteiger partial charge on any atom is -0.271 e. The molecule has 0 spiro atoms. The smallest absolute Gasteiger partial charge is 0.123 e. The van der Waals surface area contributed by atoms with E-state index < -0.39 is 0 Å². The summed E-state index contributed by atoms with van der Waals surface area (Å²) in [6.45, 7) is 2.19. The molecule has 0 aliphatic heterocycles. The highest BCUT2D eigenvalue weighted by Crippen LogP contribution is 2.39. The van der Waals surface area contributed by atoms with Crippen LogP contribution in [0.5, 0.6) is 0 Å². The fourth-order valence-corrected chi connectivity index (χ4v) is 3.55. The molecule has 134 valence electrons. The van der Waals surface area contributed by atoms with Gasteiger partial charge >= 0.3 is 0 Å². The monoisotopic (exact) mass is 357 g/mol. The fraction of sp³-hybridized carbons (Fsp3) is 0.130. The summed E-state index contributed by atoms with van der Waals surface area (Å²) >= 11 is 0. The minimum atomic E-state index is -0.252. The molecule has 2 aromatic heterocycles. The van der Waals surface area contributed by atoms with Crippen molar-refractivity contribution in [3.8, 4) is 22.4 Å². The maximum Gasteiger partial charge on any atom is 0.123 e.